The number of carbonyl (C=O) groups excluding carboxylic acids is 1. The number of carbonyl (C=O) groups is 1. The van der Waals surface area contributed by atoms with E-state index < -0.39 is 0 Å². The minimum atomic E-state index is 0.235. The summed E-state index contributed by atoms with van der Waals surface area (Å²) in [5.41, 5.74) is 1.35. The Kier molecular flexibility index (Phi) is 1.59. The van der Waals surface area contributed by atoms with Gasteiger partial charge in [0.2, 0.25) is 5.91 Å². The fourth-order valence-corrected chi connectivity index (χ4v) is 3.65. The molecule has 1 spiro atoms. The van der Waals surface area contributed by atoms with E-state index in [2.05, 4.69) is 11.5 Å². The molecule has 2 nitrogen and oxygen atoms in total. The minimum Gasteiger partial charge on any atom is -0.335 e. The maximum atomic E-state index is 11.8. The van der Waals surface area contributed by atoms with Crippen molar-refractivity contribution < 1.29 is 4.79 Å². The summed E-state index contributed by atoms with van der Waals surface area (Å²) >= 11 is 0. The van der Waals surface area contributed by atoms with Crippen LogP contribution in [0.3, 0.4) is 0 Å². The lowest BCUT2D eigenvalue weighted by Gasteiger charge is -2.22. The Morgan fingerprint density at radius 3 is 2.71 bits per heavy atom. The van der Waals surface area contributed by atoms with Gasteiger partial charge in [-0.05, 0) is 31.1 Å². The highest BCUT2D eigenvalue weighted by atomic mass is 16.2. The zero-order valence-electron chi connectivity index (χ0n) is 8.59. The Balaban J connectivity index is 1.83. The molecule has 2 saturated heterocycles. The highest BCUT2D eigenvalue weighted by Crippen LogP contribution is 2.50. The summed E-state index contributed by atoms with van der Waals surface area (Å²) in [7, 11) is 0. The Hall–Kier alpha value is -0.790. The van der Waals surface area contributed by atoms with Gasteiger partial charge in [0, 0.05) is 18.2 Å². The Bertz CT molecular complexity index is 301. The average Bonchev–Trinajstić information content (AvgIpc) is 2.79. The maximum absolute atomic E-state index is 11.8. The van der Waals surface area contributed by atoms with Gasteiger partial charge in [-0.1, -0.05) is 19.4 Å². The van der Waals surface area contributed by atoms with E-state index >= 15 is 0 Å². The summed E-state index contributed by atoms with van der Waals surface area (Å²) in [5.74, 6) is 0.235. The quantitative estimate of drug-likeness (QED) is 0.537. The molecule has 3 aliphatic rings. The number of amides is 1. The largest absolute Gasteiger partial charge is 0.335 e. The molecule has 3 fully saturated rings. The lowest BCUT2D eigenvalue weighted by molar-refractivity contribution is -0.125. The predicted molar refractivity (Wildman–Crippen MR) is 54.8 cm³/mol. The molecule has 0 bridgehead atoms. The van der Waals surface area contributed by atoms with E-state index in [0.29, 0.717) is 11.5 Å². The van der Waals surface area contributed by atoms with Gasteiger partial charge in [0.25, 0.3) is 0 Å². The molecule has 0 aromatic carbocycles. The third kappa shape index (κ3) is 0.999. The number of fused-ring (bicyclic) bond motifs is 1. The van der Waals surface area contributed by atoms with Crippen molar-refractivity contribution in [2.75, 3.05) is 6.54 Å². The van der Waals surface area contributed by atoms with Gasteiger partial charge < -0.3 is 4.90 Å². The van der Waals surface area contributed by atoms with Crippen molar-refractivity contribution in [3.05, 3.63) is 12.2 Å². The Morgan fingerprint density at radius 1 is 1.36 bits per heavy atom. The van der Waals surface area contributed by atoms with Crippen molar-refractivity contribution in [3.63, 3.8) is 0 Å². The van der Waals surface area contributed by atoms with Crippen LogP contribution >= 0.6 is 0 Å². The molecule has 0 radical (unpaired) electrons. The van der Waals surface area contributed by atoms with Crippen LogP contribution in [0.2, 0.25) is 0 Å². The van der Waals surface area contributed by atoms with Gasteiger partial charge in [-0.25, -0.2) is 0 Å². The fourth-order valence-electron chi connectivity index (χ4n) is 3.65. The fraction of sp³-hybridized carbons (Fsp3) is 0.750. The average molecular weight is 191 g/mol. The number of hydrogen-bond acceptors (Lipinski definition) is 1. The van der Waals surface area contributed by atoms with Crippen molar-refractivity contribution >= 4 is 5.91 Å². The van der Waals surface area contributed by atoms with Crippen LogP contribution in [0, 0.1) is 5.41 Å². The van der Waals surface area contributed by atoms with Gasteiger partial charge in [-0.3, -0.25) is 4.79 Å². The molecule has 1 saturated carbocycles. The van der Waals surface area contributed by atoms with Crippen LogP contribution in [0.5, 0.6) is 0 Å². The van der Waals surface area contributed by atoms with E-state index in [-0.39, 0.29) is 5.91 Å². The summed E-state index contributed by atoms with van der Waals surface area (Å²) in [4.78, 5) is 13.8. The molecule has 1 atom stereocenters. The van der Waals surface area contributed by atoms with Gasteiger partial charge in [-0.15, -0.1) is 0 Å². The molecule has 3 rings (SSSR count). The second-order valence-corrected chi connectivity index (χ2v) is 5.31. The molecule has 0 aromatic heterocycles. The second kappa shape index (κ2) is 2.62. The predicted octanol–water partition coefficient (Wildman–Crippen LogP) is 2.11. The summed E-state index contributed by atoms with van der Waals surface area (Å²) in [6.07, 6.45) is 7.61. The molecule has 2 heteroatoms. The molecule has 2 heterocycles. The topological polar surface area (TPSA) is 20.3 Å². The number of nitrogens with zero attached hydrogens (tertiary/aromatic N) is 1. The van der Waals surface area contributed by atoms with E-state index in [4.69, 9.17) is 0 Å². The summed E-state index contributed by atoms with van der Waals surface area (Å²) in [6, 6.07) is 0.507. The molecule has 1 aliphatic carbocycles. The standard InChI is InChI=1S/C12H17NO/c1-9-6-10-7-12(4-2-3-5-12)8-13(10)11(9)14/h10H,1-8H2. The molecule has 0 aromatic rings. The SMILES string of the molecule is C=C1CC2CC3(CCCC3)CN2C1=O. The third-order valence-corrected chi connectivity index (χ3v) is 4.32. The van der Waals surface area contributed by atoms with E-state index in [1.165, 1.54) is 32.1 Å². The highest BCUT2D eigenvalue weighted by Gasteiger charge is 2.50. The van der Waals surface area contributed by atoms with Crippen LogP contribution in [0.15, 0.2) is 12.2 Å². The summed E-state index contributed by atoms with van der Waals surface area (Å²) in [5, 5.41) is 0. The zero-order chi connectivity index (χ0) is 9.76. The van der Waals surface area contributed by atoms with Crippen molar-refractivity contribution in [1.29, 1.82) is 0 Å². The van der Waals surface area contributed by atoms with Crippen LogP contribution in [0.25, 0.3) is 0 Å². The molecule has 1 unspecified atom stereocenters. The van der Waals surface area contributed by atoms with Gasteiger partial charge in [-0.2, -0.15) is 0 Å². The lowest BCUT2D eigenvalue weighted by Crippen LogP contribution is -2.29. The van der Waals surface area contributed by atoms with E-state index in [1.807, 2.05) is 0 Å². The minimum absolute atomic E-state index is 0.235. The van der Waals surface area contributed by atoms with Gasteiger partial charge >= 0.3 is 0 Å². The van der Waals surface area contributed by atoms with Crippen molar-refractivity contribution in [1.82, 2.24) is 4.90 Å². The Morgan fingerprint density at radius 2 is 2.07 bits per heavy atom. The molecular formula is C12H17NO. The van der Waals surface area contributed by atoms with Crippen LogP contribution in [0.4, 0.5) is 0 Å². The monoisotopic (exact) mass is 191 g/mol. The molecule has 1 amide bonds. The Labute approximate surface area is 85.0 Å². The van der Waals surface area contributed by atoms with Gasteiger partial charge in [0.05, 0.1) is 0 Å². The van der Waals surface area contributed by atoms with Crippen LogP contribution in [-0.4, -0.2) is 23.4 Å². The first-order valence-corrected chi connectivity index (χ1v) is 5.69. The first-order valence-electron chi connectivity index (χ1n) is 5.69. The van der Waals surface area contributed by atoms with Gasteiger partial charge in [0.15, 0.2) is 0 Å². The molecule has 76 valence electrons. The van der Waals surface area contributed by atoms with Crippen LogP contribution < -0.4 is 0 Å². The normalized spacial score (nSPS) is 34.6. The molecule has 0 N–H and O–H groups in total. The summed E-state index contributed by atoms with van der Waals surface area (Å²) in [6.45, 7) is 4.86. The zero-order valence-corrected chi connectivity index (χ0v) is 8.59. The van der Waals surface area contributed by atoms with Crippen LogP contribution in [0.1, 0.15) is 38.5 Å². The lowest BCUT2D eigenvalue weighted by atomic mass is 9.83. The van der Waals surface area contributed by atoms with E-state index in [1.54, 1.807) is 0 Å². The smallest absolute Gasteiger partial charge is 0.249 e. The van der Waals surface area contributed by atoms with Crippen molar-refractivity contribution in [2.24, 2.45) is 5.41 Å². The second-order valence-electron chi connectivity index (χ2n) is 5.31. The molecule has 14 heavy (non-hydrogen) atoms. The van der Waals surface area contributed by atoms with Gasteiger partial charge in [0.1, 0.15) is 0 Å². The van der Waals surface area contributed by atoms with Crippen LogP contribution in [-0.2, 0) is 4.79 Å². The number of rotatable bonds is 0. The first-order chi connectivity index (χ1) is 6.70. The third-order valence-electron chi connectivity index (χ3n) is 4.32. The molecular weight excluding hydrogens is 174 g/mol. The van der Waals surface area contributed by atoms with E-state index in [0.717, 1.165) is 18.5 Å². The van der Waals surface area contributed by atoms with E-state index in [9.17, 15) is 4.79 Å². The molecule has 2 aliphatic heterocycles. The van der Waals surface area contributed by atoms with Crippen molar-refractivity contribution in [2.45, 2.75) is 44.6 Å². The highest BCUT2D eigenvalue weighted by molar-refractivity contribution is 5.95. The van der Waals surface area contributed by atoms with Crippen molar-refractivity contribution in [3.8, 4) is 0 Å². The number of hydrogen-bond donors (Lipinski definition) is 0. The first kappa shape index (κ1) is 8.51. The summed E-state index contributed by atoms with van der Waals surface area (Å²) < 4.78 is 0. The maximum Gasteiger partial charge on any atom is 0.249 e.